The van der Waals surface area contributed by atoms with Gasteiger partial charge in [0.05, 0.1) is 16.8 Å². The van der Waals surface area contributed by atoms with Crippen LogP contribution in [0.1, 0.15) is 95.3 Å². The third-order valence-corrected chi connectivity index (χ3v) is 8.67. The number of anilines is 1. The molecule has 2 aliphatic rings. The van der Waals surface area contributed by atoms with Gasteiger partial charge in [0, 0.05) is 76.9 Å². The Kier molecular flexibility index (Phi) is 17.9. The fourth-order valence-corrected chi connectivity index (χ4v) is 7.34. The van der Waals surface area contributed by atoms with Crippen LogP contribution in [-0.2, 0) is 32.7 Å². The summed E-state index contributed by atoms with van der Waals surface area (Å²) >= 11 is 0. The molecular weight excluding hydrogens is 646 g/mol. The van der Waals surface area contributed by atoms with Crippen molar-refractivity contribution in [2.24, 2.45) is 0 Å². The minimum Gasteiger partial charge on any atom is -1.00 e. The molecule has 0 atom stereocenters. The van der Waals surface area contributed by atoms with Gasteiger partial charge in [-0.3, -0.25) is 4.90 Å². The summed E-state index contributed by atoms with van der Waals surface area (Å²) in [6, 6.07) is 14.6. The average molecular weight is 694 g/mol. The van der Waals surface area contributed by atoms with Gasteiger partial charge in [-0.2, -0.15) is 0 Å². The van der Waals surface area contributed by atoms with Crippen LogP contribution in [0.5, 0.6) is 0 Å². The number of para-hydroxylation sites is 2. The Morgan fingerprint density at radius 2 is 1.19 bits per heavy atom. The number of quaternary nitrogens is 1. The molecule has 228 valence electrons. The Balaban J connectivity index is 0. The van der Waals surface area contributed by atoms with Gasteiger partial charge in [0.1, 0.15) is 0 Å². The maximum absolute atomic E-state index is 13.3. The number of nitrogens with zero attached hydrogens (tertiary/aromatic N) is 1. The topological polar surface area (TPSA) is 48.1 Å². The largest absolute Gasteiger partial charge is 1.00 e. The molecule has 2 heterocycles. The van der Waals surface area contributed by atoms with E-state index in [-0.39, 0.29) is 113 Å². The molecule has 2 saturated heterocycles. The molecule has 2 fully saturated rings. The summed E-state index contributed by atoms with van der Waals surface area (Å²) in [5.74, 6) is 0. The summed E-state index contributed by atoms with van der Waals surface area (Å²) in [6.07, 6.45) is 6.76. The standard InChI is InChI=1S/C15H22BF2N.C15H24BNO2.F2.K.Y.H/c1-14(2)10-7-11-15(3,4)19(14)13-9-6-5-8-12(13)16(17)18;1-14(2)10-7-11-15(3,4)17(14)13-9-6-5-8-12(13)16(18)19;1-2;;;/h5-6,8-9H,7,10-11H2,1-4H3;5-6,8-9,18-19H,7,10-11H2,1-4H3;;;;/q-1;;;+1;;-1/p+1. The van der Waals surface area contributed by atoms with Crippen molar-refractivity contribution >= 4 is 36.7 Å². The first-order chi connectivity index (χ1) is 18.5. The summed E-state index contributed by atoms with van der Waals surface area (Å²) in [5, 5.41) is 19.2. The number of halogens is 4. The van der Waals surface area contributed by atoms with E-state index in [1.54, 1.807) is 18.2 Å². The molecule has 2 aromatic carbocycles. The van der Waals surface area contributed by atoms with Gasteiger partial charge in [-0.1, -0.05) is 36.4 Å². The van der Waals surface area contributed by atoms with Crippen molar-refractivity contribution in [2.75, 3.05) is 4.90 Å². The van der Waals surface area contributed by atoms with Gasteiger partial charge in [-0.15, -0.1) is 5.46 Å². The van der Waals surface area contributed by atoms with Crippen LogP contribution >= 0.6 is 0 Å². The van der Waals surface area contributed by atoms with Gasteiger partial charge >= 0.3 is 58.5 Å². The van der Waals surface area contributed by atoms with Crippen molar-refractivity contribution < 1.29 is 118 Å². The van der Waals surface area contributed by atoms with E-state index in [2.05, 4.69) is 60.3 Å². The van der Waals surface area contributed by atoms with E-state index in [1.165, 1.54) is 17.7 Å². The number of benzene rings is 2. The van der Waals surface area contributed by atoms with Crippen molar-refractivity contribution in [3.63, 3.8) is 0 Å². The predicted molar refractivity (Wildman–Crippen MR) is 161 cm³/mol. The molecule has 0 saturated carbocycles. The van der Waals surface area contributed by atoms with Gasteiger partial charge in [0.2, 0.25) is 0 Å². The summed E-state index contributed by atoms with van der Waals surface area (Å²) in [6.45, 7) is 17.7. The second-order valence-electron chi connectivity index (χ2n) is 13.6. The first kappa shape index (κ1) is 42.7. The quantitative estimate of drug-likeness (QED) is 0.341. The summed E-state index contributed by atoms with van der Waals surface area (Å²) in [4.78, 5) is 3.56. The Morgan fingerprint density at radius 1 is 0.762 bits per heavy atom. The molecule has 0 aliphatic carbocycles. The fraction of sp³-hybridized carbons (Fsp3) is 0.600. The maximum atomic E-state index is 13.3. The van der Waals surface area contributed by atoms with Gasteiger partial charge < -0.3 is 25.0 Å². The van der Waals surface area contributed by atoms with E-state index >= 15 is 0 Å². The summed E-state index contributed by atoms with van der Waals surface area (Å²) < 4.78 is 42.5. The number of nitrogens with one attached hydrogen (secondary N) is 1. The SMILES string of the molecule is CC1(C)CCCC(C)(C)N1c1ccccc1B(O)O.CC1(C)CCCC(C)(C)[NH+]1c1ccccc1[B-](F)F.FF.[H-].[K+].[Y]. The van der Waals surface area contributed by atoms with Crippen LogP contribution in [0, 0.1) is 0 Å². The van der Waals surface area contributed by atoms with Crippen LogP contribution in [0.25, 0.3) is 0 Å². The zero-order valence-electron chi connectivity index (χ0n) is 27.9. The minimum absolute atomic E-state index is 0. The molecule has 0 aromatic heterocycles. The third-order valence-electron chi connectivity index (χ3n) is 8.67. The Labute approximate surface area is 320 Å². The smallest absolute Gasteiger partial charge is 1.00 e. The van der Waals surface area contributed by atoms with Crippen LogP contribution < -0.4 is 72.1 Å². The molecule has 12 heteroatoms. The molecule has 0 amide bonds. The van der Waals surface area contributed by atoms with E-state index in [9.17, 15) is 18.7 Å². The average Bonchev–Trinajstić information content (AvgIpc) is 2.84. The van der Waals surface area contributed by atoms with Gasteiger partial charge in [-0.05, 0) is 93.2 Å². The normalized spacial score (nSPS) is 20.0. The first-order valence-corrected chi connectivity index (χ1v) is 14.2. The zero-order chi connectivity index (χ0) is 30.5. The summed E-state index contributed by atoms with van der Waals surface area (Å²) in [7, 11) is -3.83. The van der Waals surface area contributed by atoms with Crippen molar-refractivity contribution in [3.8, 4) is 0 Å². The Hall–Kier alpha value is 0.710. The Morgan fingerprint density at radius 3 is 1.67 bits per heavy atom. The van der Waals surface area contributed by atoms with E-state index in [1.807, 2.05) is 30.3 Å². The molecule has 3 N–H and O–H groups in total. The van der Waals surface area contributed by atoms with Crippen LogP contribution in [0.3, 0.4) is 0 Å². The molecule has 4 rings (SSSR count). The van der Waals surface area contributed by atoms with Crippen LogP contribution in [-0.4, -0.2) is 46.6 Å². The van der Waals surface area contributed by atoms with Crippen LogP contribution in [0.4, 0.5) is 29.2 Å². The molecule has 2 aliphatic heterocycles. The van der Waals surface area contributed by atoms with E-state index in [0.29, 0.717) is 5.46 Å². The Bertz CT molecular complexity index is 1000. The van der Waals surface area contributed by atoms with Crippen molar-refractivity contribution in [1.82, 2.24) is 0 Å². The number of piperidine rings is 2. The number of hydrogen-bond donors (Lipinski definition) is 3. The molecule has 4 nitrogen and oxygen atoms in total. The van der Waals surface area contributed by atoms with Crippen molar-refractivity contribution in [2.45, 2.75) is 116 Å². The van der Waals surface area contributed by atoms with Gasteiger partial charge in [0.15, 0.2) is 0 Å². The van der Waals surface area contributed by atoms with Crippen LogP contribution in [0.15, 0.2) is 48.5 Å². The monoisotopic (exact) mass is 694 g/mol. The number of hydrogen-bond acceptors (Lipinski definition) is 3. The van der Waals surface area contributed by atoms with E-state index < -0.39 is 14.4 Å². The van der Waals surface area contributed by atoms with Gasteiger partial charge in [0.25, 0.3) is 7.27 Å². The minimum atomic E-state index is -2.41. The second kappa shape index (κ2) is 17.6. The van der Waals surface area contributed by atoms with E-state index in [0.717, 1.165) is 37.1 Å². The molecular formula is C30H48B2F4KN2O2Y. The molecule has 2 radical (unpaired) electrons. The molecule has 2 aromatic rings. The zero-order valence-corrected chi connectivity index (χ0v) is 32.9. The number of rotatable bonds is 4. The molecule has 0 bridgehead atoms. The molecule has 42 heavy (non-hydrogen) atoms. The van der Waals surface area contributed by atoms with Crippen LogP contribution in [0.2, 0.25) is 0 Å². The third kappa shape index (κ3) is 10.4. The molecule has 0 spiro atoms. The fourth-order valence-electron chi connectivity index (χ4n) is 7.34. The maximum Gasteiger partial charge on any atom is 1.00 e. The summed E-state index contributed by atoms with van der Waals surface area (Å²) in [5.41, 5.74) is 2.50. The second-order valence-corrected chi connectivity index (χ2v) is 13.6. The van der Waals surface area contributed by atoms with Gasteiger partial charge in [-0.25, -0.2) is 0 Å². The first-order valence-electron chi connectivity index (χ1n) is 14.2. The van der Waals surface area contributed by atoms with E-state index in [4.69, 9.17) is 9.15 Å². The predicted octanol–water partition coefficient (Wildman–Crippen LogP) is 2.45. The van der Waals surface area contributed by atoms with Crippen molar-refractivity contribution in [1.29, 1.82) is 0 Å². The molecule has 0 unspecified atom stereocenters. The van der Waals surface area contributed by atoms with Crippen molar-refractivity contribution in [3.05, 3.63) is 48.5 Å².